The van der Waals surface area contributed by atoms with E-state index >= 15 is 0 Å². The molecule has 0 amide bonds. The van der Waals surface area contributed by atoms with Crippen LogP contribution < -0.4 is 5.73 Å². The van der Waals surface area contributed by atoms with Crippen molar-refractivity contribution in [3.63, 3.8) is 0 Å². The van der Waals surface area contributed by atoms with Crippen molar-refractivity contribution in [2.24, 2.45) is 5.73 Å². The van der Waals surface area contributed by atoms with E-state index in [9.17, 15) is 8.42 Å². The van der Waals surface area contributed by atoms with Crippen LogP contribution in [0.25, 0.3) is 0 Å². The van der Waals surface area contributed by atoms with Crippen LogP contribution in [0.3, 0.4) is 0 Å². The van der Waals surface area contributed by atoms with E-state index in [1.165, 1.54) is 0 Å². The van der Waals surface area contributed by atoms with Crippen LogP contribution in [0.15, 0.2) is 23.1 Å². The van der Waals surface area contributed by atoms with Crippen LogP contribution >= 0.6 is 12.4 Å². The lowest BCUT2D eigenvalue weighted by molar-refractivity contribution is 0.0434. The molecule has 1 aliphatic carbocycles. The minimum absolute atomic E-state index is 0. The molecule has 1 saturated carbocycles. The van der Waals surface area contributed by atoms with Crippen LogP contribution in [-0.2, 0) is 20.7 Å². The van der Waals surface area contributed by atoms with Crippen LogP contribution in [0.5, 0.6) is 0 Å². The summed E-state index contributed by atoms with van der Waals surface area (Å²) in [5.74, 6) is 0. The van der Waals surface area contributed by atoms with E-state index in [1.807, 2.05) is 19.9 Å². The van der Waals surface area contributed by atoms with Gasteiger partial charge in [-0.2, -0.15) is 8.42 Å². The fourth-order valence-electron chi connectivity index (χ4n) is 2.73. The summed E-state index contributed by atoms with van der Waals surface area (Å²) in [6.45, 7) is 3.88. The number of benzene rings is 1. The van der Waals surface area contributed by atoms with Gasteiger partial charge in [0.25, 0.3) is 10.1 Å². The lowest BCUT2D eigenvalue weighted by atomic mass is 9.93. The highest BCUT2D eigenvalue weighted by atomic mass is 35.5. The summed E-state index contributed by atoms with van der Waals surface area (Å²) in [5, 5.41) is 0. The van der Waals surface area contributed by atoms with Gasteiger partial charge in [-0.05, 0) is 50.7 Å². The minimum atomic E-state index is -3.80. The summed E-state index contributed by atoms with van der Waals surface area (Å²) in [4.78, 5) is 0.251. The summed E-state index contributed by atoms with van der Waals surface area (Å²) < 4.78 is 30.4. The van der Waals surface area contributed by atoms with E-state index < -0.39 is 15.8 Å². The first-order valence-electron chi connectivity index (χ1n) is 7.20. The molecular formula is C15H24ClNO3S. The third-order valence-corrected chi connectivity index (χ3v) is 5.33. The number of halogens is 1. The topological polar surface area (TPSA) is 69.4 Å². The Kier molecular flexibility index (Phi) is 6.23. The molecule has 21 heavy (non-hydrogen) atoms. The third kappa shape index (κ3) is 4.42. The van der Waals surface area contributed by atoms with Gasteiger partial charge in [0.05, 0.1) is 4.90 Å². The van der Waals surface area contributed by atoms with Crippen molar-refractivity contribution in [2.45, 2.75) is 63.0 Å². The molecule has 0 aliphatic heterocycles. The van der Waals surface area contributed by atoms with E-state index in [0.717, 1.165) is 30.4 Å². The van der Waals surface area contributed by atoms with Crippen molar-refractivity contribution in [3.8, 4) is 0 Å². The van der Waals surface area contributed by atoms with Crippen molar-refractivity contribution in [3.05, 3.63) is 29.3 Å². The normalized spacial score (nSPS) is 18.0. The monoisotopic (exact) mass is 333 g/mol. The summed E-state index contributed by atoms with van der Waals surface area (Å²) >= 11 is 0. The molecule has 1 aliphatic rings. The van der Waals surface area contributed by atoms with Crippen molar-refractivity contribution >= 4 is 22.5 Å². The van der Waals surface area contributed by atoms with Crippen LogP contribution in [0, 0.1) is 6.92 Å². The van der Waals surface area contributed by atoms with Gasteiger partial charge in [-0.15, -0.1) is 12.4 Å². The molecule has 120 valence electrons. The summed E-state index contributed by atoms with van der Waals surface area (Å²) in [6.07, 6.45) is 4.77. The van der Waals surface area contributed by atoms with Crippen LogP contribution in [0.2, 0.25) is 0 Å². The van der Waals surface area contributed by atoms with Gasteiger partial charge in [0.15, 0.2) is 0 Å². The SMILES string of the molecule is CCc1cc(C)ccc1S(=O)(=O)OC1(N)CCCCC1.Cl. The van der Waals surface area contributed by atoms with Gasteiger partial charge in [-0.3, -0.25) is 0 Å². The maximum Gasteiger partial charge on any atom is 0.299 e. The molecule has 1 fully saturated rings. The van der Waals surface area contributed by atoms with E-state index in [0.29, 0.717) is 19.3 Å². The molecule has 0 radical (unpaired) electrons. The molecule has 2 N–H and O–H groups in total. The van der Waals surface area contributed by atoms with E-state index in [2.05, 4.69) is 0 Å². The fraction of sp³-hybridized carbons (Fsp3) is 0.600. The highest BCUT2D eigenvalue weighted by Crippen LogP contribution is 2.31. The first-order chi connectivity index (χ1) is 9.36. The number of aryl methyl sites for hydroxylation is 2. The van der Waals surface area contributed by atoms with Crippen molar-refractivity contribution in [1.82, 2.24) is 0 Å². The average molecular weight is 334 g/mol. The smallest absolute Gasteiger partial charge is 0.299 e. The van der Waals surface area contributed by atoms with Gasteiger partial charge in [0.2, 0.25) is 0 Å². The first kappa shape index (κ1) is 18.4. The van der Waals surface area contributed by atoms with Gasteiger partial charge in [-0.1, -0.05) is 31.0 Å². The zero-order chi connectivity index (χ0) is 14.8. The summed E-state index contributed by atoms with van der Waals surface area (Å²) in [6, 6.07) is 5.30. The molecule has 0 atom stereocenters. The Labute approximate surface area is 133 Å². The number of hydrogen-bond donors (Lipinski definition) is 1. The Balaban J connectivity index is 0.00000220. The van der Waals surface area contributed by atoms with Crippen LogP contribution in [-0.4, -0.2) is 14.1 Å². The molecule has 0 heterocycles. The fourth-order valence-corrected chi connectivity index (χ4v) is 4.18. The Morgan fingerprint density at radius 2 is 1.86 bits per heavy atom. The molecule has 0 bridgehead atoms. The second kappa shape index (κ2) is 7.09. The van der Waals surface area contributed by atoms with Gasteiger partial charge >= 0.3 is 0 Å². The Morgan fingerprint density at radius 1 is 1.24 bits per heavy atom. The molecule has 6 heteroatoms. The maximum absolute atomic E-state index is 12.5. The second-order valence-corrected chi connectivity index (χ2v) is 7.14. The molecular weight excluding hydrogens is 310 g/mol. The molecule has 1 aromatic rings. The lowest BCUT2D eigenvalue weighted by Gasteiger charge is -2.32. The number of nitrogens with two attached hydrogens (primary N) is 1. The van der Waals surface area contributed by atoms with Gasteiger partial charge in [0, 0.05) is 0 Å². The average Bonchev–Trinajstić information content (AvgIpc) is 2.37. The number of rotatable bonds is 4. The van der Waals surface area contributed by atoms with E-state index in [1.54, 1.807) is 12.1 Å². The molecule has 0 unspecified atom stereocenters. The van der Waals surface area contributed by atoms with Crippen molar-refractivity contribution < 1.29 is 12.6 Å². The van der Waals surface area contributed by atoms with Gasteiger partial charge in [-0.25, -0.2) is 4.18 Å². The quantitative estimate of drug-likeness (QED) is 0.678. The molecule has 4 nitrogen and oxygen atoms in total. The molecule has 2 rings (SSSR count). The predicted octanol–water partition coefficient (Wildman–Crippen LogP) is 3.30. The highest BCUT2D eigenvalue weighted by molar-refractivity contribution is 7.86. The maximum atomic E-state index is 12.5. The van der Waals surface area contributed by atoms with Crippen molar-refractivity contribution in [2.75, 3.05) is 0 Å². The molecule has 1 aromatic carbocycles. The second-order valence-electron chi connectivity index (χ2n) is 5.63. The lowest BCUT2D eigenvalue weighted by Crippen LogP contribution is -2.46. The Morgan fingerprint density at radius 3 is 2.43 bits per heavy atom. The third-order valence-electron chi connectivity index (χ3n) is 3.84. The minimum Gasteiger partial charge on any atom is -0.302 e. The van der Waals surface area contributed by atoms with Crippen molar-refractivity contribution in [1.29, 1.82) is 0 Å². The molecule has 0 aromatic heterocycles. The molecule has 0 saturated heterocycles. The van der Waals surface area contributed by atoms with E-state index in [-0.39, 0.29) is 17.3 Å². The summed E-state index contributed by atoms with van der Waals surface area (Å²) in [5.41, 5.74) is 6.89. The zero-order valence-corrected chi connectivity index (χ0v) is 14.2. The Bertz CT molecular complexity index is 581. The first-order valence-corrected chi connectivity index (χ1v) is 8.61. The van der Waals surface area contributed by atoms with Gasteiger partial charge in [0.1, 0.15) is 5.72 Å². The van der Waals surface area contributed by atoms with Gasteiger partial charge < -0.3 is 5.73 Å². The highest BCUT2D eigenvalue weighted by Gasteiger charge is 2.35. The molecule has 0 spiro atoms. The Hall–Kier alpha value is -0.620. The number of hydrogen-bond acceptors (Lipinski definition) is 4. The van der Waals surface area contributed by atoms with Crippen LogP contribution in [0.4, 0.5) is 0 Å². The summed E-state index contributed by atoms with van der Waals surface area (Å²) in [7, 11) is -3.80. The van der Waals surface area contributed by atoms with Crippen LogP contribution in [0.1, 0.15) is 50.2 Å². The standard InChI is InChI=1S/C15H23NO3S.ClH/c1-3-13-11-12(2)7-8-14(13)20(17,18)19-15(16)9-5-4-6-10-15;/h7-8,11H,3-6,9-10,16H2,1-2H3;1H. The van der Waals surface area contributed by atoms with E-state index in [4.69, 9.17) is 9.92 Å². The largest absolute Gasteiger partial charge is 0.302 e. The zero-order valence-electron chi connectivity index (χ0n) is 12.6. The predicted molar refractivity (Wildman–Crippen MR) is 86.1 cm³/mol.